The molecule has 1 rings (SSSR count). The molecular weight excluding hydrogens is 589 g/mol. The Balaban J connectivity index is 3.42. The number of hydrogen-bond acceptors (Lipinski definition) is 3. The first-order chi connectivity index (χ1) is 20.2. The van der Waals surface area contributed by atoms with E-state index in [4.69, 9.17) is 8.85 Å². The Morgan fingerprint density at radius 2 is 1.34 bits per heavy atom. The molecule has 0 bridgehead atoms. The van der Waals surface area contributed by atoms with Gasteiger partial charge in [0.25, 0.3) is 0 Å². The lowest BCUT2D eigenvalue weighted by molar-refractivity contribution is -0.118. The summed E-state index contributed by atoms with van der Waals surface area (Å²) in [5.74, 6) is 0.386. The Hall–Kier alpha value is -0.769. The summed E-state index contributed by atoms with van der Waals surface area (Å²) in [6.07, 6.45) is 6.65. The van der Waals surface area contributed by atoms with E-state index in [9.17, 15) is 5.11 Å². The molecule has 0 saturated heterocycles. The first kappa shape index (κ1) is 41.3. The van der Waals surface area contributed by atoms with Gasteiger partial charge in [0.15, 0.2) is 16.6 Å². The van der Waals surface area contributed by atoms with Gasteiger partial charge in [-0.1, -0.05) is 143 Å². The molecule has 0 aromatic heterocycles. The molecule has 1 N–H and O–H groups in total. The molecule has 0 spiro atoms. The monoisotopic (exact) mass is 660 g/mol. The predicted molar refractivity (Wildman–Crippen MR) is 204 cm³/mol. The average molecular weight is 661 g/mol. The van der Waals surface area contributed by atoms with Crippen molar-refractivity contribution in [3.05, 3.63) is 53.2 Å². The topological polar surface area (TPSA) is 38.7 Å². The quantitative estimate of drug-likeness (QED) is 0.141. The molecule has 0 saturated carbocycles. The van der Waals surface area contributed by atoms with Crippen molar-refractivity contribution in [3.8, 4) is 0 Å². The number of aliphatic hydroxyl groups is 1. The highest BCUT2D eigenvalue weighted by atomic mass is 28.4. The van der Waals surface area contributed by atoms with Gasteiger partial charge in [-0.3, -0.25) is 0 Å². The van der Waals surface area contributed by atoms with Crippen LogP contribution in [0.25, 0.3) is 6.08 Å². The van der Waals surface area contributed by atoms with Gasteiger partial charge in [-0.05, 0) is 79.3 Å². The minimum absolute atomic E-state index is 0.386. The largest absolute Gasteiger partial charge is 0.416 e. The van der Waals surface area contributed by atoms with Gasteiger partial charge >= 0.3 is 0 Å². The number of benzene rings is 1. The van der Waals surface area contributed by atoms with Gasteiger partial charge in [0.2, 0.25) is 0 Å². The average Bonchev–Trinajstić information content (AvgIpc) is 2.91. The third-order valence-electron chi connectivity index (χ3n) is 10.3. The van der Waals surface area contributed by atoms with E-state index in [2.05, 4.69) is 138 Å². The molecule has 1 unspecified atom stereocenters. The molecule has 0 fully saturated rings. The van der Waals surface area contributed by atoms with E-state index in [-0.39, 0.29) is 0 Å². The van der Waals surface area contributed by atoms with E-state index in [1.165, 1.54) is 11.1 Å². The Kier molecular flexibility index (Phi) is 16.3. The van der Waals surface area contributed by atoms with Gasteiger partial charge in [-0.2, -0.15) is 0 Å². The summed E-state index contributed by atoms with van der Waals surface area (Å²) < 4.78 is 14.3. The standard InChI is InChI=1S/C38H72O3Si3/c1-16-43(17-2,18-3)41-38(12,26-22-25-35-23-20-19-21-24-35)37(11,39)28-36(30-42(13,14)15)27-34(10)29-40-44(31(4)5,32(6)7)33(8)9/h19-25,30-34,39H,16-18,26-29H2,1-15H3/b25-22+,36-30+/t34-,37?,38-/m1/s1. The van der Waals surface area contributed by atoms with Crippen LogP contribution in [0.5, 0.6) is 0 Å². The van der Waals surface area contributed by atoms with E-state index < -0.39 is 35.9 Å². The third-order valence-corrected chi connectivity index (χ3v) is 22.4. The van der Waals surface area contributed by atoms with E-state index in [1.54, 1.807) is 0 Å². The molecule has 3 atom stereocenters. The zero-order valence-electron chi connectivity index (χ0n) is 31.6. The highest BCUT2D eigenvalue weighted by Gasteiger charge is 2.49. The first-order valence-corrected chi connectivity index (χ1v) is 26.0. The van der Waals surface area contributed by atoms with Crippen molar-refractivity contribution in [2.45, 2.75) is 168 Å². The van der Waals surface area contributed by atoms with E-state index in [1.807, 2.05) is 13.0 Å². The second-order valence-corrected chi connectivity index (χ2v) is 31.3. The van der Waals surface area contributed by atoms with Crippen LogP contribution >= 0.6 is 0 Å². The van der Waals surface area contributed by atoms with Gasteiger partial charge < -0.3 is 14.0 Å². The normalized spacial score (nSPS) is 17.5. The zero-order chi connectivity index (χ0) is 34.0. The lowest BCUT2D eigenvalue weighted by atomic mass is 9.77. The Morgan fingerprint density at radius 1 is 0.841 bits per heavy atom. The second-order valence-electron chi connectivity index (χ2n) is 16.2. The molecule has 0 aliphatic rings. The third kappa shape index (κ3) is 11.5. The van der Waals surface area contributed by atoms with E-state index in [0.717, 1.165) is 31.2 Å². The van der Waals surface area contributed by atoms with Crippen molar-refractivity contribution in [1.82, 2.24) is 0 Å². The number of hydrogen-bond donors (Lipinski definition) is 1. The highest BCUT2D eigenvalue weighted by molar-refractivity contribution is 6.81. The van der Waals surface area contributed by atoms with Crippen LogP contribution in [-0.2, 0) is 8.85 Å². The van der Waals surface area contributed by atoms with Crippen LogP contribution in [0.3, 0.4) is 0 Å². The fraction of sp³-hybridized carbons (Fsp3) is 0.737. The van der Waals surface area contributed by atoms with Crippen LogP contribution in [0.15, 0.2) is 47.7 Å². The first-order valence-electron chi connectivity index (χ1n) is 17.7. The van der Waals surface area contributed by atoms with Gasteiger partial charge in [0.05, 0.1) is 19.3 Å². The summed E-state index contributed by atoms with van der Waals surface area (Å²) in [6, 6.07) is 13.6. The fourth-order valence-electron chi connectivity index (χ4n) is 7.52. The molecule has 1 aromatic carbocycles. The molecule has 254 valence electrons. The van der Waals surface area contributed by atoms with Crippen LogP contribution in [0, 0.1) is 5.92 Å². The molecule has 1 aromatic rings. The maximum atomic E-state index is 12.6. The zero-order valence-corrected chi connectivity index (χ0v) is 34.6. The summed E-state index contributed by atoms with van der Waals surface area (Å²) in [5.41, 5.74) is 5.11. The fourth-order valence-corrected chi connectivity index (χ4v) is 17.7. The summed E-state index contributed by atoms with van der Waals surface area (Å²) in [4.78, 5) is 0. The van der Waals surface area contributed by atoms with Crippen LogP contribution in [-0.4, -0.2) is 47.6 Å². The van der Waals surface area contributed by atoms with Crippen molar-refractivity contribution in [3.63, 3.8) is 0 Å². The Labute approximate surface area is 277 Å². The van der Waals surface area contributed by atoms with Crippen molar-refractivity contribution < 1.29 is 14.0 Å². The molecule has 0 aliphatic carbocycles. The van der Waals surface area contributed by atoms with Gasteiger partial charge in [0.1, 0.15) is 0 Å². The molecule has 0 aliphatic heterocycles. The maximum Gasteiger partial charge on any atom is 0.200 e. The molecular formula is C38H72O3Si3. The molecule has 3 nitrogen and oxygen atoms in total. The number of rotatable bonds is 20. The van der Waals surface area contributed by atoms with Crippen molar-refractivity contribution in [2.75, 3.05) is 6.61 Å². The summed E-state index contributed by atoms with van der Waals surface area (Å²) in [5, 5.41) is 12.6. The van der Waals surface area contributed by atoms with Crippen molar-refractivity contribution in [1.29, 1.82) is 0 Å². The van der Waals surface area contributed by atoms with Crippen molar-refractivity contribution in [2.24, 2.45) is 5.92 Å². The molecule has 0 radical (unpaired) electrons. The van der Waals surface area contributed by atoms with Crippen molar-refractivity contribution >= 4 is 30.8 Å². The predicted octanol–water partition coefficient (Wildman–Crippen LogP) is 12.0. The highest BCUT2D eigenvalue weighted by Crippen LogP contribution is 2.44. The second kappa shape index (κ2) is 17.4. The molecule has 44 heavy (non-hydrogen) atoms. The van der Waals surface area contributed by atoms with Gasteiger partial charge in [-0.25, -0.2) is 0 Å². The lowest BCUT2D eigenvalue weighted by Gasteiger charge is -2.49. The minimum Gasteiger partial charge on any atom is -0.416 e. The molecule has 0 amide bonds. The van der Waals surface area contributed by atoms with Gasteiger partial charge in [0, 0.05) is 6.61 Å². The Bertz CT molecular complexity index is 989. The van der Waals surface area contributed by atoms with E-state index >= 15 is 0 Å². The van der Waals surface area contributed by atoms with E-state index in [0.29, 0.717) is 35.4 Å². The van der Waals surface area contributed by atoms with Gasteiger partial charge in [-0.15, -0.1) is 0 Å². The lowest BCUT2D eigenvalue weighted by Crippen LogP contribution is -2.58. The summed E-state index contributed by atoms with van der Waals surface area (Å²) in [6.45, 7) is 35.6. The summed E-state index contributed by atoms with van der Waals surface area (Å²) >= 11 is 0. The van der Waals surface area contributed by atoms with Crippen LogP contribution in [0.1, 0.15) is 108 Å². The molecule has 0 heterocycles. The Morgan fingerprint density at radius 3 is 1.77 bits per heavy atom. The van der Waals surface area contributed by atoms with Crippen LogP contribution < -0.4 is 0 Å². The molecule has 6 heteroatoms. The minimum atomic E-state index is -2.01. The maximum absolute atomic E-state index is 12.6. The summed E-state index contributed by atoms with van der Waals surface area (Å²) in [7, 11) is -5.49. The smallest absolute Gasteiger partial charge is 0.200 e. The van der Waals surface area contributed by atoms with Crippen LogP contribution in [0.2, 0.25) is 54.4 Å². The SMILES string of the molecule is CC[Si](CC)(CC)O[C@](C)(C/C=C/c1ccccc1)C(C)(O)C/C(=C/[Si](C)(C)C)C[C@@H](C)CO[Si](C(C)C)(C(C)C)C(C)C. The van der Waals surface area contributed by atoms with Crippen LogP contribution in [0.4, 0.5) is 0 Å².